The molecule has 5 nitrogen and oxygen atoms in total. The molecule has 0 saturated heterocycles. The Hall–Kier alpha value is -1.92. The summed E-state index contributed by atoms with van der Waals surface area (Å²) < 4.78 is 14.8. The number of carbonyl (C=O) groups is 1. The second-order valence-corrected chi connectivity index (χ2v) is 5.50. The molecule has 1 N–H and O–H groups in total. The van der Waals surface area contributed by atoms with Gasteiger partial charge in [-0.05, 0) is 31.3 Å². The van der Waals surface area contributed by atoms with Crippen LogP contribution in [0.25, 0.3) is 0 Å². The van der Waals surface area contributed by atoms with Crippen LogP contribution < -0.4 is 5.32 Å². The van der Waals surface area contributed by atoms with E-state index >= 15 is 0 Å². The average Bonchev–Trinajstić information content (AvgIpc) is 2.95. The number of anilines is 1. The first-order chi connectivity index (χ1) is 11.0. The molecule has 0 spiro atoms. The normalized spacial score (nSPS) is 11.0. The fourth-order valence-electron chi connectivity index (χ4n) is 2.21. The standard InChI is InChI=1S/C16H20ClFN4O/c1-3-21(4-2)7-8-22-11-13(10-19-22)20-16(23)14-6-5-12(18)9-15(14)17/h5-6,9-11H,3-4,7-8H2,1-2H3,(H,20,23). The summed E-state index contributed by atoms with van der Waals surface area (Å²) >= 11 is 5.89. The van der Waals surface area contributed by atoms with Crippen molar-refractivity contribution in [1.29, 1.82) is 0 Å². The summed E-state index contributed by atoms with van der Waals surface area (Å²) in [6, 6.07) is 3.68. The molecule has 0 atom stereocenters. The molecule has 2 rings (SSSR count). The molecule has 0 aliphatic heterocycles. The van der Waals surface area contributed by atoms with Crippen LogP contribution in [0.15, 0.2) is 30.6 Å². The highest BCUT2D eigenvalue weighted by Crippen LogP contribution is 2.18. The van der Waals surface area contributed by atoms with Crippen molar-refractivity contribution in [3.8, 4) is 0 Å². The van der Waals surface area contributed by atoms with Crippen LogP contribution in [0.5, 0.6) is 0 Å². The second kappa shape index (κ2) is 8.08. The third kappa shape index (κ3) is 4.77. The molecule has 2 aromatic rings. The van der Waals surface area contributed by atoms with Gasteiger partial charge in [0.1, 0.15) is 5.82 Å². The maximum Gasteiger partial charge on any atom is 0.257 e. The van der Waals surface area contributed by atoms with E-state index < -0.39 is 11.7 Å². The number of likely N-dealkylation sites (N-methyl/N-ethyl adjacent to an activating group) is 1. The van der Waals surface area contributed by atoms with Crippen LogP contribution in [-0.2, 0) is 6.54 Å². The minimum Gasteiger partial charge on any atom is -0.319 e. The zero-order chi connectivity index (χ0) is 16.8. The summed E-state index contributed by atoms with van der Waals surface area (Å²) in [5.74, 6) is -0.867. The highest BCUT2D eigenvalue weighted by molar-refractivity contribution is 6.34. The molecule has 1 heterocycles. The lowest BCUT2D eigenvalue weighted by Gasteiger charge is -2.17. The summed E-state index contributed by atoms with van der Waals surface area (Å²) in [6.45, 7) is 7.85. The third-order valence-corrected chi connectivity index (χ3v) is 3.92. The quantitative estimate of drug-likeness (QED) is 0.843. The van der Waals surface area contributed by atoms with E-state index in [9.17, 15) is 9.18 Å². The Morgan fingerprint density at radius 1 is 1.39 bits per heavy atom. The molecule has 124 valence electrons. The van der Waals surface area contributed by atoms with Crippen molar-refractivity contribution >= 4 is 23.2 Å². The van der Waals surface area contributed by atoms with Gasteiger partial charge in [0, 0.05) is 12.7 Å². The van der Waals surface area contributed by atoms with Crippen molar-refractivity contribution in [3.63, 3.8) is 0 Å². The number of nitrogens with one attached hydrogen (secondary N) is 1. The van der Waals surface area contributed by atoms with Gasteiger partial charge < -0.3 is 10.2 Å². The van der Waals surface area contributed by atoms with Gasteiger partial charge >= 0.3 is 0 Å². The van der Waals surface area contributed by atoms with Gasteiger partial charge in [0.15, 0.2) is 0 Å². The Bertz CT molecular complexity index is 670. The van der Waals surface area contributed by atoms with Gasteiger partial charge in [-0.3, -0.25) is 9.48 Å². The number of amides is 1. The number of hydrogen-bond acceptors (Lipinski definition) is 3. The van der Waals surface area contributed by atoms with Crippen LogP contribution in [0.3, 0.4) is 0 Å². The topological polar surface area (TPSA) is 50.2 Å². The first kappa shape index (κ1) is 17.4. The highest BCUT2D eigenvalue weighted by atomic mass is 35.5. The molecule has 1 amide bonds. The SMILES string of the molecule is CCN(CC)CCn1cc(NC(=O)c2ccc(F)cc2Cl)cn1. The first-order valence-corrected chi connectivity index (χ1v) is 7.92. The predicted molar refractivity (Wildman–Crippen MR) is 89.4 cm³/mol. The van der Waals surface area contributed by atoms with E-state index in [1.807, 2.05) is 0 Å². The van der Waals surface area contributed by atoms with E-state index in [2.05, 4.69) is 29.2 Å². The maximum absolute atomic E-state index is 13.0. The average molecular weight is 339 g/mol. The second-order valence-electron chi connectivity index (χ2n) is 5.10. The van der Waals surface area contributed by atoms with Crippen molar-refractivity contribution in [3.05, 3.63) is 47.0 Å². The molecular formula is C16H20ClFN4O. The fraction of sp³-hybridized carbons (Fsp3) is 0.375. The Kier molecular flexibility index (Phi) is 6.12. The Balaban J connectivity index is 1.97. The number of halogens is 2. The van der Waals surface area contributed by atoms with Gasteiger partial charge in [0.25, 0.3) is 5.91 Å². The number of benzene rings is 1. The Labute approximate surface area is 140 Å². The Morgan fingerprint density at radius 3 is 2.78 bits per heavy atom. The smallest absolute Gasteiger partial charge is 0.257 e. The Morgan fingerprint density at radius 2 is 2.13 bits per heavy atom. The summed E-state index contributed by atoms with van der Waals surface area (Å²) in [5, 5.41) is 7.01. The molecule has 0 aliphatic rings. The molecule has 0 bridgehead atoms. The number of aromatic nitrogens is 2. The molecule has 7 heteroatoms. The molecule has 0 radical (unpaired) electrons. The van der Waals surface area contributed by atoms with Crippen LogP contribution in [0.1, 0.15) is 24.2 Å². The van der Waals surface area contributed by atoms with E-state index in [4.69, 9.17) is 11.6 Å². The van der Waals surface area contributed by atoms with Gasteiger partial charge in [-0.1, -0.05) is 25.4 Å². The van der Waals surface area contributed by atoms with E-state index in [0.29, 0.717) is 5.69 Å². The molecule has 0 unspecified atom stereocenters. The predicted octanol–water partition coefficient (Wildman–Crippen LogP) is 3.27. The van der Waals surface area contributed by atoms with E-state index in [-0.39, 0.29) is 10.6 Å². The zero-order valence-electron chi connectivity index (χ0n) is 13.2. The molecular weight excluding hydrogens is 319 g/mol. The van der Waals surface area contributed by atoms with Crippen LogP contribution in [0.4, 0.5) is 10.1 Å². The molecule has 0 saturated carbocycles. The van der Waals surface area contributed by atoms with Crippen molar-refractivity contribution in [1.82, 2.24) is 14.7 Å². The number of rotatable bonds is 7. The minimum absolute atomic E-state index is 0.0800. The van der Waals surface area contributed by atoms with Crippen LogP contribution >= 0.6 is 11.6 Å². The van der Waals surface area contributed by atoms with Crippen LogP contribution in [0, 0.1) is 5.82 Å². The summed E-state index contributed by atoms with van der Waals surface area (Å²) in [5.41, 5.74) is 0.805. The first-order valence-electron chi connectivity index (χ1n) is 7.54. The zero-order valence-corrected chi connectivity index (χ0v) is 14.0. The lowest BCUT2D eigenvalue weighted by Crippen LogP contribution is -2.27. The summed E-state index contributed by atoms with van der Waals surface area (Å²) in [4.78, 5) is 14.4. The van der Waals surface area contributed by atoms with Crippen LogP contribution in [0.2, 0.25) is 5.02 Å². The van der Waals surface area contributed by atoms with Gasteiger partial charge in [-0.15, -0.1) is 0 Å². The van der Waals surface area contributed by atoms with Gasteiger partial charge in [0.05, 0.1) is 29.0 Å². The molecule has 0 aliphatic carbocycles. The minimum atomic E-state index is -0.476. The summed E-state index contributed by atoms with van der Waals surface area (Å²) in [7, 11) is 0. The lowest BCUT2D eigenvalue weighted by atomic mass is 10.2. The van der Waals surface area contributed by atoms with Gasteiger partial charge in [0.2, 0.25) is 0 Å². The van der Waals surface area contributed by atoms with Crippen LogP contribution in [-0.4, -0.2) is 40.2 Å². The van der Waals surface area contributed by atoms with Crippen molar-refractivity contribution in [2.45, 2.75) is 20.4 Å². The fourth-order valence-corrected chi connectivity index (χ4v) is 2.46. The maximum atomic E-state index is 13.0. The largest absolute Gasteiger partial charge is 0.319 e. The molecule has 1 aromatic heterocycles. The number of carbonyl (C=O) groups excluding carboxylic acids is 1. The van der Waals surface area contributed by atoms with Gasteiger partial charge in [-0.2, -0.15) is 5.10 Å². The molecule has 23 heavy (non-hydrogen) atoms. The molecule has 0 fully saturated rings. The van der Waals surface area contributed by atoms with E-state index in [0.717, 1.165) is 32.2 Å². The van der Waals surface area contributed by atoms with Gasteiger partial charge in [-0.25, -0.2) is 4.39 Å². The van der Waals surface area contributed by atoms with Crippen molar-refractivity contribution in [2.24, 2.45) is 0 Å². The lowest BCUT2D eigenvalue weighted by molar-refractivity contribution is 0.102. The highest BCUT2D eigenvalue weighted by Gasteiger charge is 2.12. The molecule has 1 aromatic carbocycles. The number of hydrogen-bond donors (Lipinski definition) is 1. The van der Waals surface area contributed by atoms with Crippen molar-refractivity contribution in [2.75, 3.05) is 25.0 Å². The van der Waals surface area contributed by atoms with E-state index in [1.54, 1.807) is 17.1 Å². The van der Waals surface area contributed by atoms with Crippen molar-refractivity contribution < 1.29 is 9.18 Å². The monoisotopic (exact) mass is 338 g/mol. The summed E-state index contributed by atoms with van der Waals surface area (Å²) in [6.07, 6.45) is 3.34. The number of nitrogens with zero attached hydrogens (tertiary/aromatic N) is 3. The third-order valence-electron chi connectivity index (χ3n) is 3.61. The van der Waals surface area contributed by atoms with E-state index in [1.165, 1.54) is 12.1 Å².